The highest BCUT2D eigenvalue weighted by Gasteiger charge is 2.36. The van der Waals surface area contributed by atoms with E-state index in [1.807, 2.05) is 18.7 Å². The maximum atomic E-state index is 12.8. The molecule has 22 heavy (non-hydrogen) atoms. The molecule has 0 bridgehead atoms. The van der Waals surface area contributed by atoms with E-state index in [1.54, 1.807) is 0 Å². The van der Waals surface area contributed by atoms with Gasteiger partial charge >= 0.3 is 0 Å². The van der Waals surface area contributed by atoms with Crippen LogP contribution in [0.4, 0.5) is 0 Å². The van der Waals surface area contributed by atoms with E-state index in [2.05, 4.69) is 22.3 Å². The summed E-state index contributed by atoms with van der Waals surface area (Å²) in [5.41, 5.74) is 0. The summed E-state index contributed by atoms with van der Waals surface area (Å²) < 4.78 is 10.8. The third kappa shape index (κ3) is 3.06. The van der Waals surface area contributed by atoms with Gasteiger partial charge < -0.3 is 14.2 Å². The van der Waals surface area contributed by atoms with E-state index < -0.39 is 0 Å². The van der Waals surface area contributed by atoms with Crippen LogP contribution >= 0.6 is 0 Å². The van der Waals surface area contributed by atoms with Crippen LogP contribution in [0.25, 0.3) is 0 Å². The van der Waals surface area contributed by atoms with Gasteiger partial charge in [0.1, 0.15) is 0 Å². The van der Waals surface area contributed by atoms with Gasteiger partial charge in [-0.3, -0.25) is 4.79 Å². The number of amides is 1. The molecule has 0 aromatic carbocycles. The van der Waals surface area contributed by atoms with E-state index in [1.165, 1.54) is 0 Å². The van der Waals surface area contributed by atoms with E-state index in [0.29, 0.717) is 38.0 Å². The van der Waals surface area contributed by atoms with Gasteiger partial charge in [0.25, 0.3) is 0 Å². The molecule has 0 spiro atoms. The number of aromatic nitrogens is 2. The van der Waals surface area contributed by atoms with Crippen LogP contribution in [-0.2, 0) is 9.53 Å². The lowest BCUT2D eigenvalue weighted by atomic mass is 9.81. The molecule has 120 valence electrons. The third-order valence-corrected chi connectivity index (χ3v) is 4.36. The Labute approximate surface area is 130 Å². The van der Waals surface area contributed by atoms with Crippen molar-refractivity contribution < 1.29 is 14.1 Å². The lowest BCUT2D eigenvalue weighted by molar-refractivity contribution is -0.140. The average Bonchev–Trinajstić information content (AvgIpc) is 3.05. The monoisotopic (exact) mass is 305 g/mol. The number of nitrogens with zero attached hydrogens (tertiary/aromatic N) is 3. The van der Waals surface area contributed by atoms with Crippen molar-refractivity contribution in [2.24, 2.45) is 5.92 Å². The Hall–Kier alpha value is -1.69. The van der Waals surface area contributed by atoms with Crippen LogP contribution in [0.5, 0.6) is 0 Å². The Balaban J connectivity index is 1.78. The number of hydrogen-bond acceptors (Lipinski definition) is 5. The highest BCUT2D eigenvalue weighted by atomic mass is 16.5. The first-order valence-electron chi connectivity index (χ1n) is 8.02. The summed E-state index contributed by atoms with van der Waals surface area (Å²) in [7, 11) is 0. The molecule has 1 saturated heterocycles. The fraction of sp³-hybridized carbons (Fsp3) is 0.688. The fourth-order valence-electron chi connectivity index (χ4n) is 3.01. The number of rotatable bonds is 3. The molecule has 0 N–H and O–H groups in total. The minimum absolute atomic E-state index is 0.0136. The molecule has 0 saturated carbocycles. The predicted molar refractivity (Wildman–Crippen MR) is 80.4 cm³/mol. The van der Waals surface area contributed by atoms with Gasteiger partial charge in [-0.05, 0) is 12.8 Å². The van der Waals surface area contributed by atoms with Crippen LogP contribution in [0.1, 0.15) is 50.2 Å². The molecule has 1 aromatic rings. The summed E-state index contributed by atoms with van der Waals surface area (Å²) >= 11 is 0. The smallest absolute Gasteiger partial charge is 0.230 e. The maximum absolute atomic E-state index is 12.8. The van der Waals surface area contributed by atoms with E-state index >= 15 is 0 Å². The largest absolute Gasteiger partial charge is 0.378 e. The Bertz CT molecular complexity index is 547. The quantitative estimate of drug-likeness (QED) is 0.800. The van der Waals surface area contributed by atoms with Gasteiger partial charge in [0.2, 0.25) is 11.8 Å². The van der Waals surface area contributed by atoms with Gasteiger partial charge in [0, 0.05) is 19.0 Å². The molecular weight excluding hydrogens is 282 g/mol. The van der Waals surface area contributed by atoms with Gasteiger partial charge in [0.05, 0.1) is 25.0 Å². The van der Waals surface area contributed by atoms with Crippen LogP contribution < -0.4 is 0 Å². The lowest BCUT2D eigenvalue weighted by Crippen LogP contribution is -2.45. The second-order valence-electron chi connectivity index (χ2n) is 6.24. The van der Waals surface area contributed by atoms with Crippen LogP contribution in [0.2, 0.25) is 0 Å². The molecule has 6 heteroatoms. The zero-order chi connectivity index (χ0) is 15.5. The number of morpholine rings is 1. The molecule has 2 heterocycles. The van der Waals surface area contributed by atoms with Crippen LogP contribution in [-0.4, -0.2) is 47.3 Å². The summed E-state index contributed by atoms with van der Waals surface area (Å²) in [6.07, 6.45) is 5.70. The Kier molecular flexibility index (Phi) is 4.57. The summed E-state index contributed by atoms with van der Waals surface area (Å²) in [5.74, 6) is 1.60. The third-order valence-electron chi connectivity index (χ3n) is 4.36. The summed E-state index contributed by atoms with van der Waals surface area (Å²) in [5, 5.41) is 4.04. The summed E-state index contributed by atoms with van der Waals surface area (Å²) in [6.45, 7) is 6.66. The Morgan fingerprint density at radius 2 is 2.00 bits per heavy atom. The molecule has 2 unspecified atom stereocenters. The van der Waals surface area contributed by atoms with Crippen molar-refractivity contribution in [3.05, 3.63) is 23.9 Å². The van der Waals surface area contributed by atoms with Crippen LogP contribution in [0.15, 0.2) is 16.7 Å². The molecular formula is C16H23N3O3. The average molecular weight is 305 g/mol. The predicted octanol–water partition coefficient (Wildman–Crippen LogP) is 2.10. The lowest BCUT2D eigenvalue weighted by Gasteiger charge is -2.33. The number of carbonyl (C=O) groups excluding carboxylic acids is 1. The zero-order valence-electron chi connectivity index (χ0n) is 13.2. The molecule has 1 aliphatic heterocycles. The van der Waals surface area contributed by atoms with Crippen molar-refractivity contribution in [3.8, 4) is 0 Å². The minimum atomic E-state index is -0.108. The van der Waals surface area contributed by atoms with Crippen molar-refractivity contribution in [2.75, 3.05) is 26.3 Å². The van der Waals surface area contributed by atoms with Crippen molar-refractivity contribution in [1.82, 2.24) is 15.0 Å². The van der Waals surface area contributed by atoms with E-state index in [9.17, 15) is 4.79 Å². The van der Waals surface area contributed by atoms with E-state index in [4.69, 9.17) is 9.26 Å². The molecule has 2 aliphatic rings. The SMILES string of the molecule is CC(C)c1noc(C2CC=CCC2C(=O)N2CCOCC2)n1. The second kappa shape index (κ2) is 6.60. The number of ether oxygens (including phenoxy) is 1. The summed E-state index contributed by atoms with van der Waals surface area (Å²) in [4.78, 5) is 19.2. The highest BCUT2D eigenvalue weighted by molar-refractivity contribution is 5.80. The van der Waals surface area contributed by atoms with Crippen molar-refractivity contribution in [3.63, 3.8) is 0 Å². The van der Waals surface area contributed by atoms with Gasteiger partial charge in [-0.2, -0.15) is 4.98 Å². The highest BCUT2D eigenvalue weighted by Crippen LogP contribution is 2.35. The topological polar surface area (TPSA) is 68.5 Å². The normalized spacial score (nSPS) is 25.7. The molecule has 1 aromatic heterocycles. The molecule has 1 amide bonds. The van der Waals surface area contributed by atoms with Gasteiger partial charge in [0.15, 0.2) is 5.82 Å². The minimum Gasteiger partial charge on any atom is -0.378 e. The van der Waals surface area contributed by atoms with Crippen molar-refractivity contribution >= 4 is 5.91 Å². The number of allylic oxidation sites excluding steroid dienone is 2. The van der Waals surface area contributed by atoms with E-state index in [-0.39, 0.29) is 23.7 Å². The molecule has 1 fully saturated rings. The maximum Gasteiger partial charge on any atom is 0.230 e. The molecule has 0 radical (unpaired) electrons. The first kappa shape index (κ1) is 15.2. The second-order valence-corrected chi connectivity index (χ2v) is 6.24. The molecule has 2 atom stereocenters. The summed E-state index contributed by atoms with van der Waals surface area (Å²) in [6, 6.07) is 0. The van der Waals surface area contributed by atoms with Crippen LogP contribution in [0, 0.1) is 5.92 Å². The van der Waals surface area contributed by atoms with Crippen molar-refractivity contribution in [1.29, 1.82) is 0 Å². The van der Waals surface area contributed by atoms with E-state index in [0.717, 1.165) is 12.8 Å². The Morgan fingerprint density at radius 3 is 2.68 bits per heavy atom. The van der Waals surface area contributed by atoms with Crippen molar-refractivity contribution in [2.45, 2.75) is 38.5 Å². The zero-order valence-corrected chi connectivity index (χ0v) is 13.2. The number of carbonyl (C=O) groups is 1. The first-order valence-corrected chi connectivity index (χ1v) is 8.02. The van der Waals surface area contributed by atoms with Crippen LogP contribution in [0.3, 0.4) is 0 Å². The number of hydrogen-bond donors (Lipinski definition) is 0. The Morgan fingerprint density at radius 1 is 1.27 bits per heavy atom. The fourth-order valence-corrected chi connectivity index (χ4v) is 3.01. The van der Waals surface area contributed by atoms with Gasteiger partial charge in [-0.25, -0.2) is 0 Å². The van der Waals surface area contributed by atoms with Gasteiger partial charge in [-0.1, -0.05) is 31.2 Å². The molecule has 6 nitrogen and oxygen atoms in total. The standard InChI is InChI=1S/C16H23N3O3/c1-11(2)14-17-15(22-18-14)12-5-3-4-6-13(12)16(20)19-7-9-21-10-8-19/h3-4,11-13H,5-10H2,1-2H3. The van der Waals surface area contributed by atoms with Gasteiger partial charge in [-0.15, -0.1) is 0 Å². The molecule has 1 aliphatic carbocycles. The first-order chi connectivity index (χ1) is 10.7. The molecule has 3 rings (SSSR count).